The first-order valence-electron chi connectivity index (χ1n) is 14.4. The molecule has 0 atom stereocenters. The van der Waals surface area contributed by atoms with Crippen LogP contribution in [0.5, 0.6) is 0 Å². The molecule has 0 unspecified atom stereocenters. The van der Waals surface area contributed by atoms with Gasteiger partial charge in [-0.25, -0.2) is 0 Å². The highest BCUT2D eigenvalue weighted by molar-refractivity contribution is 4.84. The summed E-state index contributed by atoms with van der Waals surface area (Å²) < 4.78 is 0. The van der Waals surface area contributed by atoms with Gasteiger partial charge in [-0.05, 0) is 77.0 Å². The van der Waals surface area contributed by atoms with Crippen molar-refractivity contribution in [1.29, 1.82) is 0 Å². The first-order chi connectivity index (χ1) is 15.4. The van der Waals surface area contributed by atoms with Gasteiger partial charge in [0.05, 0.1) is 0 Å². The van der Waals surface area contributed by atoms with Crippen molar-refractivity contribution in [2.75, 3.05) is 0 Å². The van der Waals surface area contributed by atoms with Gasteiger partial charge in [-0.1, -0.05) is 121 Å². The zero-order valence-corrected chi connectivity index (χ0v) is 21.7. The van der Waals surface area contributed by atoms with Gasteiger partial charge in [0.25, 0.3) is 0 Å². The van der Waals surface area contributed by atoms with E-state index in [0.29, 0.717) is 0 Å². The van der Waals surface area contributed by atoms with E-state index in [2.05, 4.69) is 50.3 Å². The topological polar surface area (TPSA) is 0 Å². The predicted octanol–water partition coefficient (Wildman–Crippen LogP) is 11.7. The third-order valence-electron chi connectivity index (χ3n) is 6.18. The van der Waals surface area contributed by atoms with Crippen LogP contribution in [0, 0.1) is 0 Å². The standard InChI is InChI=1S/C31H58/c1-3-5-7-9-11-13-15-17-19-21-23-25-27-29-31-30-28-26-24-22-20-18-16-14-12-10-8-6-4-2/h17-20,29,31H,3-16,21-28,30H2,1-2H3. The van der Waals surface area contributed by atoms with Crippen LogP contribution in [-0.4, -0.2) is 0 Å². The minimum Gasteiger partial charge on any atom is -0.0885 e. The van der Waals surface area contributed by atoms with E-state index in [1.807, 2.05) is 0 Å². The van der Waals surface area contributed by atoms with Crippen LogP contribution in [0.25, 0.3) is 0 Å². The number of hydrogen-bond donors (Lipinski definition) is 0. The maximum absolute atomic E-state index is 2.42. The highest BCUT2D eigenvalue weighted by atomic mass is 14.0. The Bertz CT molecular complexity index is 387. The zero-order valence-electron chi connectivity index (χ0n) is 21.7. The van der Waals surface area contributed by atoms with E-state index < -0.39 is 0 Å². The van der Waals surface area contributed by atoms with Crippen molar-refractivity contribution >= 4 is 0 Å². The summed E-state index contributed by atoms with van der Waals surface area (Å²) in [6.45, 7) is 4.58. The van der Waals surface area contributed by atoms with E-state index in [4.69, 9.17) is 0 Å². The molecule has 0 aromatic heterocycles. The lowest BCUT2D eigenvalue weighted by molar-refractivity contribution is 0.610. The van der Waals surface area contributed by atoms with Crippen LogP contribution >= 0.6 is 0 Å². The third kappa shape index (κ3) is 29.2. The molecule has 0 heteroatoms. The number of unbranched alkanes of at least 4 members (excludes halogenated alkanes) is 19. The lowest BCUT2D eigenvalue weighted by Gasteiger charge is -1.98. The summed E-state index contributed by atoms with van der Waals surface area (Å²) in [6.07, 6.45) is 45.9. The lowest BCUT2D eigenvalue weighted by Crippen LogP contribution is -1.78. The Hall–Kier alpha value is -0.780. The summed E-state index contributed by atoms with van der Waals surface area (Å²) in [5, 5.41) is 0. The van der Waals surface area contributed by atoms with E-state index >= 15 is 0 Å². The molecule has 0 N–H and O–H groups in total. The van der Waals surface area contributed by atoms with Gasteiger partial charge in [0.15, 0.2) is 0 Å². The molecule has 0 aromatic rings. The fraction of sp³-hybridized carbons (Fsp3) is 0.806. The van der Waals surface area contributed by atoms with Crippen LogP contribution in [0.1, 0.15) is 162 Å². The van der Waals surface area contributed by atoms with Crippen molar-refractivity contribution in [3.05, 3.63) is 36.5 Å². The summed E-state index contributed by atoms with van der Waals surface area (Å²) in [5.74, 6) is 0. The van der Waals surface area contributed by atoms with Crippen molar-refractivity contribution in [2.24, 2.45) is 0 Å². The molecule has 0 aliphatic rings. The quantitative estimate of drug-likeness (QED) is 0.0997. The van der Waals surface area contributed by atoms with Crippen molar-refractivity contribution in [1.82, 2.24) is 0 Å². The maximum atomic E-state index is 2.42. The monoisotopic (exact) mass is 430 g/mol. The van der Waals surface area contributed by atoms with Crippen LogP contribution in [-0.2, 0) is 0 Å². The van der Waals surface area contributed by atoms with Gasteiger partial charge in [-0.3, -0.25) is 0 Å². The molecule has 0 aliphatic carbocycles. The lowest BCUT2D eigenvalue weighted by atomic mass is 10.1. The van der Waals surface area contributed by atoms with Gasteiger partial charge in [-0.2, -0.15) is 0 Å². The summed E-state index contributed by atoms with van der Waals surface area (Å²) in [4.78, 5) is 0. The van der Waals surface area contributed by atoms with Crippen LogP contribution in [0.2, 0.25) is 0 Å². The molecule has 0 aliphatic heterocycles. The molecule has 0 rings (SSSR count). The van der Waals surface area contributed by atoms with Crippen molar-refractivity contribution in [3.63, 3.8) is 0 Å². The van der Waals surface area contributed by atoms with Crippen molar-refractivity contribution < 1.29 is 0 Å². The van der Waals surface area contributed by atoms with Gasteiger partial charge >= 0.3 is 0 Å². The molecule has 0 radical (unpaired) electrons. The van der Waals surface area contributed by atoms with Gasteiger partial charge in [0, 0.05) is 0 Å². The number of allylic oxidation sites excluding steroid dienone is 6. The average molecular weight is 431 g/mol. The van der Waals surface area contributed by atoms with Gasteiger partial charge in [0.1, 0.15) is 0 Å². The molecule has 0 spiro atoms. The zero-order chi connectivity index (χ0) is 22.5. The smallest absolute Gasteiger partial charge is 0.0351 e. The molecule has 0 fully saturated rings. The van der Waals surface area contributed by atoms with Crippen molar-refractivity contribution in [3.8, 4) is 0 Å². The molecule has 0 saturated heterocycles. The second-order valence-corrected chi connectivity index (χ2v) is 9.45. The molecule has 0 aromatic carbocycles. The Morgan fingerprint density at radius 1 is 0.258 bits per heavy atom. The highest BCUT2D eigenvalue weighted by Crippen LogP contribution is 2.10. The molecule has 0 amide bonds. The first-order valence-corrected chi connectivity index (χ1v) is 14.4. The predicted molar refractivity (Wildman–Crippen MR) is 145 cm³/mol. The molecule has 0 nitrogen and oxygen atoms in total. The Morgan fingerprint density at radius 2 is 0.452 bits per heavy atom. The summed E-state index contributed by atoms with van der Waals surface area (Å²) in [5.41, 5.74) is 0. The third-order valence-corrected chi connectivity index (χ3v) is 6.18. The van der Waals surface area contributed by atoms with Crippen molar-refractivity contribution in [2.45, 2.75) is 162 Å². The van der Waals surface area contributed by atoms with Crippen LogP contribution in [0.4, 0.5) is 0 Å². The van der Waals surface area contributed by atoms with E-state index in [9.17, 15) is 0 Å². The number of hydrogen-bond acceptors (Lipinski definition) is 0. The Balaban J connectivity index is 3.19. The SMILES string of the molecule is CCCCCCCCC=CCCCCC=CCCCCCC=CCCCCCCCC. The number of rotatable bonds is 25. The largest absolute Gasteiger partial charge is 0.0885 e. The maximum Gasteiger partial charge on any atom is -0.0351 e. The fourth-order valence-electron chi connectivity index (χ4n) is 4.02. The Kier molecular flexibility index (Phi) is 28.5. The van der Waals surface area contributed by atoms with Gasteiger partial charge < -0.3 is 0 Å². The minimum absolute atomic E-state index is 1.27. The normalized spacial score (nSPS) is 12.2. The van der Waals surface area contributed by atoms with Gasteiger partial charge in [-0.15, -0.1) is 0 Å². The molecule has 0 saturated carbocycles. The second kappa shape index (κ2) is 29.2. The molecule has 0 bridgehead atoms. The Morgan fingerprint density at radius 3 is 0.742 bits per heavy atom. The molecular formula is C31H58. The first kappa shape index (κ1) is 30.2. The van der Waals surface area contributed by atoms with Crippen LogP contribution in [0.3, 0.4) is 0 Å². The van der Waals surface area contributed by atoms with E-state index in [0.717, 1.165) is 0 Å². The fourth-order valence-corrected chi connectivity index (χ4v) is 4.02. The average Bonchev–Trinajstić information content (AvgIpc) is 2.78. The van der Waals surface area contributed by atoms with E-state index in [1.165, 1.54) is 148 Å². The molecule has 31 heavy (non-hydrogen) atoms. The molecule has 182 valence electrons. The summed E-state index contributed by atoms with van der Waals surface area (Å²) in [7, 11) is 0. The van der Waals surface area contributed by atoms with E-state index in [-0.39, 0.29) is 0 Å². The van der Waals surface area contributed by atoms with Crippen LogP contribution in [0.15, 0.2) is 36.5 Å². The summed E-state index contributed by atoms with van der Waals surface area (Å²) >= 11 is 0. The Labute approximate surface area is 198 Å². The highest BCUT2D eigenvalue weighted by Gasteiger charge is 1.90. The van der Waals surface area contributed by atoms with Gasteiger partial charge in [0.2, 0.25) is 0 Å². The second-order valence-electron chi connectivity index (χ2n) is 9.45. The minimum atomic E-state index is 1.27. The molecule has 0 heterocycles. The molecular weight excluding hydrogens is 372 g/mol. The summed E-state index contributed by atoms with van der Waals surface area (Å²) in [6, 6.07) is 0. The van der Waals surface area contributed by atoms with E-state index in [1.54, 1.807) is 0 Å². The van der Waals surface area contributed by atoms with Crippen LogP contribution < -0.4 is 0 Å².